The van der Waals surface area contributed by atoms with Crippen LogP contribution in [0.2, 0.25) is 0 Å². The predicted octanol–water partition coefficient (Wildman–Crippen LogP) is 3.08. The SMILES string of the molecule is CCOC(=O)c1c(C)[nH]c(C(=O)OCc2cc([N+](=O)[O-])ccc2OC)c1C. The number of aromatic amines is 1. The topological polar surface area (TPSA) is 121 Å². The number of methoxy groups -OCH3 is 1. The van der Waals surface area contributed by atoms with Crippen LogP contribution in [0.25, 0.3) is 0 Å². The third-order valence-electron chi connectivity index (χ3n) is 3.95. The van der Waals surface area contributed by atoms with E-state index in [0.29, 0.717) is 22.6 Å². The van der Waals surface area contributed by atoms with Crippen molar-refractivity contribution < 1.29 is 28.7 Å². The van der Waals surface area contributed by atoms with Crippen LogP contribution in [-0.4, -0.2) is 35.6 Å². The van der Waals surface area contributed by atoms with Crippen molar-refractivity contribution in [3.8, 4) is 5.75 Å². The zero-order valence-electron chi connectivity index (χ0n) is 15.5. The van der Waals surface area contributed by atoms with Crippen LogP contribution in [-0.2, 0) is 16.1 Å². The summed E-state index contributed by atoms with van der Waals surface area (Å²) in [7, 11) is 1.41. The number of rotatable bonds is 7. The molecule has 0 unspecified atom stereocenters. The van der Waals surface area contributed by atoms with Crippen LogP contribution in [0.5, 0.6) is 5.75 Å². The van der Waals surface area contributed by atoms with Gasteiger partial charge in [-0.1, -0.05) is 0 Å². The molecule has 9 nitrogen and oxygen atoms in total. The Labute approximate surface area is 155 Å². The van der Waals surface area contributed by atoms with Gasteiger partial charge in [-0.2, -0.15) is 0 Å². The summed E-state index contributed by atoms with van der Waals surface area (Å²) in [6.07, 6.45) is 0. The second-order valence-electron chi connectivity index (χ2n) is 5.67. The number of aryl methyl sites for hydroxylation is 1. The minimum Gasteiger partial charge on any atom is -0.496 e. The molecule has 0 aliphatic rings. The van der Waals surface area contributed by atoms with Gasteiger partial charge in [0.1, 0.15) is 18.1 Å². The first-order chi connectivity index (χ1) is 12.8. The van der Waals surface area contributed by atoms with Gasteiger partial charge in [0.2, 0.25) is 0 Å². The minimum absolute atomic E-state index is 0.125. The number of benzene rings is 1. The van der Waals surface area contributed by atoms with Crippen molar-refractivity contribution in [2.45, 2.75) is 27.4 Å². The van der Waals surface area contributed by atoms with Crippen LogP contribution in [0.3, 0.4) is 0 Å². The van der Waals surface area contributed by atoms with Gasteiger partial charge in [-0.15, -0.1) is 0 Å². The van der Waals surface area contributed by atoms with E-state index in [4.69, 9.17) is 14.2 Å². The molecule has 0 aliphatic heterocycles. The Bertz CT molecular complexity index is 886. The summed E-state index contributed by atoms with van der Waals surface area (Å²) in [5.74, 6) is -0.858. The van der Waals surface area contributed by atoms with Gasteiger partial charge in [-0.25, -0.2) is 9.59 Å². The van der Waals surface area contributed by atoms with Gasteiger partial charge in [-0.3, -0.25) is 10.1 Å². The first-order valence-corrected chi connectivity index (χ1v) is 8.14. The summed E-state index contributed by atoms with van der Waals surface area (Å²) in [6.45, 7) is 4.95. The summed E-state index contributed by atoms with van der Waals surface area (Å²) in [6, 6.07) is 4.02. The van der Waals surface area contributed by atoms with Crippen LogP contribution in [0.15, 0.2) is 18.2 Å². The molecule has 9 heteroatoms. The van der Waals surface area contributed by atoms with Crippen molar-refractivity contribution in [3.05, 3.63) is 56.4 Å². The van der Waals surface area contributed by atoms with Gasteiger partial charge >= 0.3 is 11.9 Å². The quantitative estimate of drug-likeness (QED) is 0.448. The van der Waals surface area contributed by atoms with E-state index in [9.17, 15) is 19.7 Å². The fraction of sp³-hybridized carbons (Fsp3) is 0.333. The highest BCUT2D eigenvalue weighted by atomic mass is 16.6. The number of non-ortho nitro benzene ring substituents is 1. The lowest BCUT2D eigenvalue weighted by Crippen LogP contribution is -2.10. The number of nitrogens with zero attached hydrogens (tertiary/aromatic N) is 1. The smallest absolute Gasteiger partial charge is 0.355 e. The van der Waals surface area contributed by atoms with Gasteiger partial charge in [0.25, 0.3) is 5.69 Å². The number of carbonyl (C=O) groups is 2. The summed E-state index contributed by atoms with van der Waals surface area (Å²) >= 11 is 0. The van der Waals surface area contributed by atoms with Crippen molar-refractivity contribution in [1.82, 2.24) is 4.98 Å². The second-order valence-corrected chi connectivity index (χ2v) is 5.67. The molecule has 0 aliphatic carbocycles. The number of aromatic nitrogens is 1. The van der Waals surface area contributed by atoms with Crippen LogP contribution < -0.4 is 4.74 Å². The predicted molar refractivity (Wildman–Crippen MR) is 95.0 cm³/mol. The first-order valence-electron chi connectivity index (χ1n) is 8.14. The number of carbonyl (C=O) groups excluding carboxylic acids is 2. The molecule has 0 atom stereocenters. The van der Waals surface area contributed by atoms with Crippen molar-refractivity contribution in [3.63, 3.8) is 0 Å². The summed E-state index contributed by atoms with van der Waals surface area (Å²) in [5, 5.41) is 10.9. The third-order valence-corrected chi connectivity index (χ3v) is 3.95. The number of nitro benzene ring substituents is 1. The maximum atomic E-state index is 12.4. The molecule has 2 aromatic rings. The molecule has 0 fully saturated rings. The minimum atomic E-state index is -0.695. The van der Waals surface area contributed by atoms with Gasteiger partial charge in [0.15, 0.2) is 0 Å². The second kappa shape index (κ2) is 8.35. The molecule has 2 rings (SSSR count). The lowest BCUT2D eigenvalue weighted by Gasteiger charge is -2.09. The molecule has 0 spiro atoms. The number of esters is 2. The van der Waals surface area contributed by atoms with Crippen molar-refractivity contribution in [2.24, 2.45) is 0 Å². The lowest BCUT2D eigenvalue weighted by atomic mass is 10.1. The molecule has 144 valence electrons. The average molecular weight is 376 g/mol. The number of H-pyrrole nitrogens is 1. The molecular formula is C18H20N2O7. The molecule has 0 radical (unpaired) electrons. The summed E-state index contributed by atoms with van der Waals surface area (Å²) < 4.78 is 15.4. The van der Waals surface area contributed by atoms with E-state index in [1.165, 1.54) is 25.3 Å². The first kappa shape index (κ1) is 20.0. The van der Waals surface area contributed by atoms with E-state index in [1.807, 2.05) is 0 Å². The van der Waals surface area contributed by atoms with E-state index in [2.05, 4.69) is 4.98 Å². The van der Waals surface area contributed by atoms with E-state index in [-0.39, 0.29) is 30.2 Å². The van der Waals surface area contributed by atoms with Gasteiger partial charge < -0.3 is 19.2 Å². The van der Waals surface area contributed by atoms with Gasteiger partial charge in [0, 0.05) is 23.4 Å². The van der Waals surface area contributed by atoms with Crippen LogP contribution in [0, 0.1) is 24.0 Å². The molecule has 1 N–H and O–H groups in total. The highest BCUT2D eigenvalue weighted by molar-refractivity contribution is 5.98. The molecule has 1 aromatic carbocycles. The normalized spacial score (nSPS) is 10.4. The molecule has 0 bridgehead atoms. The molecule has 0 saturated carbocycles. The van der Waals surface area contributed by atoms with Crippen molar-refractivity contribution >= 4 is 17.6 Å². The van der Waals surface area contributed by atoms with E-state index in [1.54, 1.807) is 20.8 Å². The molecule has 0 saturated heterocycles. The number of nitrogens with one attached hydrogen (secondary N) is 1. The number of hydrogen-bond acceptors (Lipinski definition) is 7. The van der Waals surface area contributed by atoms with E-state index in [0.717, 1.165) is 0 Å². The number of hydrogen-bond donors (Lipinski definition) is 1. The fourth-order valence-corrected chi connectivity index (χ4v) is 2.67. The van der Waals surface area contributed by atoms with Crippen LogP contribution in [0.4, 0.5) is 5.69 Å². The molecule has 0 amide bonds. The molecule has 27 heavy (non-hydrogen) atoms. The molecular weight excluding hydrogens is 356 g/mol. The Morgan fingerprint density at radius 2 is 1.89 bits per heavy atom. The Kier molecular flexibility index (Phi) is 6.17. The Morgan fingerprint density at radius 3 is 2.48 bits per heavy atom. The van der Waals surface area contributed by atoms with Crippen LogP contribution >= 0.6 is 0 Å². The highest BCUT2D eigenvalue weighted by Crippen LogP contribution is 2.26. The third kappa shape index (κ3) is 4.25. The van der Waals surface area contributed by atoms with Gasteiger partial charge in [0.05, 0.1) is 24.2 Å². The number of nitro groups is 1. The zero-order valence-corrected chi connectivity index (χ0v) is 15.5. The largest absolute Gasteiger partial charge is 0.496 e. The monoisotopic (exact) mass is 376 g/mol. The van der Waals surface area contributed by atoms with Crippen LogP contribution in [0.1, 0.15) is 44.6 Å². The number of ether oxygens (including phenoxy) is 3. The fourth-order valence-electron chi connectivity index (χ4n) is 2.67. The zero-order chi connectivity index (χ0) is 20.1. The Hall–Kier alpha value is -3.36. The molecule has 1 heterocycles. The maximum Gasteiger partial charge on any atom is 0.355 e. The Morgan fingerprint density at radius 1 is 1.19 bits per heavy atom. The molecule has 1 aromatic heterocycles. The maximum absolute atomic E-state index is 12.4. The van der Waals surface area contributed by atoms with Gasteiger partial charge in [-0.05, 0) is 32.4 Å². The van der Waals surface area contributed by atoms with Crippen molar-refractivity contribution in [1.29, 1.82) is 0 Å². The summed E-state index contributed by atoms with van der Waals surface area (Å²) in [5.41, 5.74) is 1.54. The average Bonchev–Trinajstić information content (AvgIpc) is 2.93. The van der Waals surface area contributed by atoms with Crippen molar-refractivity contribution in [2.75, 3.05) is 13.7 Å². The van der Waals surface area contributed by atoms with E-state index >= 15 is 0 Å². The van der Waals surface area contributed by atoms with E-state index < -0.39 is 16.9 Å². The standard InChI is InChI=1S/C18H20N2O7/c1-5-26-17(21)15-10(2)16(19-11(15)3)18(22)27-9-12-8-13(20(23)24)6-7-14(12)25-4/h6-8,19H,5,9H2,1-4H3. The Balaban J connectivity index is 2.22. The summed E-state index contributed by atoms with van der Waals surface area (Å²) in [4.78, 5) is 37.6. The highest BCUT2D eigenvalue weighted by Gasteiger charge is 2.24. The lowest BCUT2D eigenvalue weighted by molar-refractivity contribution is -0.385.